The fourth-order valence-corrected chi connectivity index (χ4v) is 6.31. The number of esters is 2. The molecule has 6 rings (SSSR count). The van der Waals surface area contributed by atoms with Crippen molar-refractivity contribution in [3.05, 3.63) is 0 Å². The Balaban J connectivity index is 1.36. The van der Waals surface area contributed by atoms with Crippen molar-refractivity contribution in [3.63, 3.8) is 0 Å². The third-order valence-electron chi connectivity index (χ3n) is 8.13. The van der Waals surface area contributed by atoms with Gasteiger partial charge in [-0.15, -0.1) is 0 Å². The van der Waals surface area contributed by atoms with Gasteiger partial charge in [-0.1, -0.05) is 0 Å². The third-order valence-corrected chi connectivity index (χ3v) is 8.13. The van der Waals surface area contributed by atoms with Gasteiger partial charge >= 0.3 is 11.9 Å². The van der Waals surface area contributed by atoms with Crippen molar-refractivity contribution in [2.45, 2.75) is 44.2 Å². The van der Waals surface area contributed by atoms with Gasteiger partial charge < -0.3 is 29.9 Å². The summed E-state index contributed by atoms with van der Waals surface area (Å²) in [7, 11) is 2.62. The maximum Gasteiger partial charge on any atom is 0.328 e. The van der Waals surface area contributed by atoms with Crippen molar-refractivity contribution in [1.29, 1.82) is 0 Å². The molecule has 6 fully saturated rings. The van der Waals surface area contributed by atoms with Crippen molar-refractivity contribution in [3.8, 4) is 0 Å². The van der Waals surface area contributed by atoms with Gasteiger partial charge in [0, 0.05) is 24.9 Å². The van der Waals surface area contributed by atoms with Crippen molar-refractivity contribution in [2.75, 3.05) is 53.5 Å². The van der Waals surface area contributed by atoms with Crippen LogP contribution in [-0.4, -0.2) is 99.1 Å². The molecule has 2 N–H and O–H groups in total. The monoisotopic (exact) mass is 464 g/mol. The summed E-state index contributed by atoms with van der Waals surface area (Å²) in [6, 6.07) is -1.55. The Hall–Kier alpha value is -2.20. The first kappa shape index (κ1) is 23.9. The lowest BCUT2D eigenvalue weighted by Crippen LogP contribution is -2.59. The maximum absolute atomic E-state index is 12.7. The molecule has 2 unspecified atom stereocenters. The first-order valence-corrected chi connectivity index (χ1v) is 12.1. The minimum absolute atomic E-state index is 0.0263. The van der Waals surface area contributed by atoms with Crippen LogP contribution in [0.4, 0.5) is 0 Å². The maximum atomic E-state index is 12.7. The fourth-order valence-electron chi connectivity index (χ4n) is 6.31. The summed E-state index contributed by atoms with van der Waals surface area (Å²) in [4.78, 5) is 55.0. The lowest BCUT2D eigenvalue weighted by molar-refractivity contribution is -0.150. The van der Waals surface area contributed by atoms with Crippen LogP contribution in [0.1, 0.15) is 32.1 Å². The van der Waals surface area contributed by atoms with Crippen molar-refractivity contribution in [2.24, 2.45) is 23.7 Å². The Bertz CT molecular complexity index is 698. The Morgan fingerprint density at radius 3 is 1.36 bits per heavy atom. The first-order chi connectivity index (χ1) is 15.9. The topological polar surface area (TPSA) is 117 Å². The molecule has 0 aliphatic carbocycles. The quantitative estimate of drug-likeness (QED) is 0.360. The Morgan fingerprint density at radius 2 is 1.09 bits per heavy atom. The van der Waals surface area contributed by atoms with E-state index in [1.807, 2.05) is 0 Å². The SMILES string of the molecule is COC(=O)C(NC(=O)CC(=O)NC(C(=O)OC)[C@H]1CN2CCC1CC2)[C@H]1CN2CCC1CC2. The molecule has 4 bridgehead atoms. The number of methoxy groups -OCH3 is 2. The molecule has 10 heteroatoms. The summed E-state index contributed by atoms with van der Waals surface area (Å²) in [5.74, 6) is -1.40. The molecule has 0 saturated carbocycles. The molecule has 0 aromatic heterocycles. The highest BCUT2D eigenvalue weighted by Crippen LogP contribution is 2.35. The van der Waals surface area contributed by atoms with E-state index in [9.17, 15) is 19.2 Å². The van der Waals surface area contributed by atoms with Gasteiger partial charge in [-0.2, -0.15) is 0 Å². The number of hydrogen-bond donors (Lipinski definition) is 2. The van der Waals surface area contributed by atoms with Gasteiger partial charge in [0.25, 0.3) is 0 Å². The van der Waals surface area contributed by atoms with Gasteiger partial charge in [-0.3, -0.25) is 9.59 Å². The number of rotatable bonds is 8. The summed E-state index contributed by atoms with van der Waals surface area (Å²) in [6.45, 7) is 5.53. The van der Waals surface area contributed by atoms with Crippen LogP contribution >= 0.6 is 0 Å². The minimum Gasteiger partial charge on any atom is -0.467 e. The summed E-state index contributed by atoms with van der Waals surface area (Å²) in [6.07, 6.45) is 3.52. The largest absolute Gasteiger partial charge is 0.467 e. The predicted molar refractivity (Wildman–Crippen MR) is 118 cm³/mol. The van der Waals surface area contributed by atoms with Gasteiger partial charge in [-0.25, -0.2) is 9.59 Å². The van der Waals surface area contributed by atoms with Crippen LogP contribution in [0.5, 0.6) is 0 Å². The molecule has 2 amide bonds. The zero-order valence-electron chi connectivity index (χ0n) is 19.6. The summed E-state index contributed by atoms with van der Waals surface area (Å²) >= 11 is 0. The Morgan fingerprint density at radius 1 is 0.727 bits per heavy atom. The van der Waals surface area contributed by atoms with E-state index in [1.165, 1.54) is 14.2 Å². The Labute approximate surface area is 194 Å². The molecule has 33 heavy (non-hydrogen) atoms. The van der Waals surface area contributed by atoms with Gasteiger partial charge in [0.1, 0.15) is 18.5 Å². The first-order valence-electron chi connectivity index (χ1n) is 12.1. The predicted octanol–water partition coefficient (Wildman–Crippen LogP) is -0.624. The molecule has 0 radical (unpaired) electrons. The van der Waals surface area contributed by atoms with E-state index in [2.05, 4.69) is 20.4 Å². The van der Waals surface area contributed by atoms with Gasteiger partial charge in [-0.05, 0) is 63.7 Å². The molecular formula is C23H36N4O6. The lowest BCUT2D eigenvalue weighted by Gasteiger charge is -2.47. The number of ether oxygens (including phenoxy) is 2. The molecule has 0 spiro atoms. The number of carbonyl (C=O) groups is 4. The second kappa shape index (κ2) is 10.4. The van der Waals surface area contributed by atoms with Gasteiger partial charge in [0.2, 0.25) is 11.8 Å². The zero-order valence-corrected chi connectivity index (χ0v) is 19.6. The molecular weight excluding hydrogens is 428 g/mol. The second-order valence-corrected chi connectivity index (χ2v) is 9.92. The molecule has 6 saturated heterocycles. The second-order valence-electron chi connectivity index (χ2n) is 9.92. The van der Waals surface area contributed by atoms with E-state index in [0.717, 1.165) is 65.0 Å². The fraction of sp³-hybridized carbons (Fsp3) is 0.826. The van der Waals surface area contributed by atoms with E-state index in [0.29, 0.717) is 11.8 Å². The number of nitrogens with zero attached hydrogens (tertiary/aromatic N) is 2. The third kappa shape index (κ3) is 5.32. The number of piperidine rings is 6. The van der Waals surface area contributed by atoms with Crippen LogP contribution < -0.4 is 10.6 Å². The van der Waals surface area contributed by atoms with Crippen LogP contribution in [0, 0.1) is 23.7 Å². The molecule has 4 atom stereocenters. The average molecular weight is 465 g/mol. The number of fused-ring (bicyclic) bond motifs is 6. The van der Waals surface area contributed by atoms with Crippen molar-refractivity contribution < 1.29 is 28.7 Å². The van der Waals surface area contributed by atoms with Gasteiger partial charge in [0.15, 0.2) is 0 Å². The number of hydrogen-bond acceptors (Lipinski definition) is 8. The van der Waals surface area contributed by atoms with Gasteiger partial charge in [0.05, 0.1) is 14.2 Å². The molecule has 10 nitrogen and oxygen atoms in total. The van der Waals surface area contributed by atoms with Crippen LogP contribution in [0.3, 0.4) is 0 Å². The van der Waals surface area contributed by atoms with Crippen molar-refractivity contribution in [1.82, 2.24) is 20.4 Å². The number of carbonyl (C=O) groups excluding carboxylic acids is 4. The molecule has 6 heterocycles. The lowest BCUT2D eigenvalue weighted by atomic mass is 9.75. The highest BCUT2D eigenvalue weighted by atomic mass is 16.5. The molecule has 6 aliphatic rings. The summed E-state index contributed by atoms with van der Waals surface area (Å²) in [5.41, 5.74) is 0. The average Bonchev–Trinajstić information content (AvgIpc) is 2.86. The van der Waals surface area contributed by atoms with E-state index >= 15 is 0 Å². The smallest absolute Gasteiger partial charge is 0.328 e. The van der Waals surface area contributed by atoms with Crippen LogP contribution in [0.15, 0.2) is 0 Å². The van der Waals surface area contributed by atoms with Crippen LogP contribution in [-0.2, 0) is 28.7 Å². The van der Waals surface area contributed by atoms with Crippen LogP contribution in [0.25, 0.3) is 0 Å². The Kier molecular flexibility index (Phi) is 7.53. The summed E-state index contributed by atoms with van der Waals surface area (Å²) < 4.78 is 9.92. The minimum atomic E-state index is -0.776. The zero-order chi connectivity index (χ0) is 23.5. The van der Waals surface area contributed by atoms with E-state index < -0.39 is 42.3 Å². The summed E-state index contributed by atoms with van der Waals surface area (Å²) in [5, 5.41) is 5.50. The highest BCUT2D eigenvalue weighted by Gasteiger charge is 2.44. The molecule has 0 aromatic rings. The van der Waals surface area contributed by atoms with Crippen molar-refractivity contribution >= 4 is 23.8 Å². The number of nitrogens with one attached hydrogen (secondary N) is 2. The van der Waals surface area contributed by atoms with E-state index in [1.54, 1.807) is 0 Å². The molecule has 184 valence electrons. The number of amides is 2. The molecule has 6 aliphatic heterocycles. The van der Waals surface area contributed by atoms with E-state index in [4.69, 9.17) is 9.47 Å². The van der Waals surface area contributed by atoms with Crippen LogP contribution in [0.2, 0.25) is 0 Å². The molecule has 0 aromatic carbocycles. The normalized spacial score (nSPS) is 34.1. The highest BCUT2D eigenvalue weighted by molar-refractivity contribution is 5.99. The van der Waals surface area contributed by atoms with E-state index in [-0.39, 0.29) is 11.8 Å². The standard InChI is InChI=1S/C23H36N4O6/c1-32-22(30)20(16-12-26-7-3-14(16)4-8-26)24-18(28)11-19(29)25-21(23(31)33-2)17-13-27-9-5-15(17)6-10-27/h14-17,20-21H,3-13H2,1-2H3,(H,24,28)(H,25,29)/t16-,17-,20?,21?/m0/s1.